The summed E-state index contributed by atoms with van der Waals surface area (Å²) < 4.78 is 4.91. The molecule has 0 spiro atoms. The molecular formula is C7H6N6O2S. The van der Waals surface area contributed by atoms with Crippen molar-refractivity contribution in [2.75, 3.05) is 0 Å². The Kier molecular flexibility index (Phi) is 3.74. The minimum atomic E-state index is -0.850. The third-order valence-corrected chi connectivity index (χ3v) is 2.33. The highest BCUT2D eigenvalue weighted by Crippen LogP contribution is 2.32. The van der Waals surface area contributed by atoms with Crippen molar-refractivity contribution in [1.29, 1.82) is 10.5 Å². The van der Waals surface area contributed by atoms with Gasteiger partial charge in [-0.1, -0.05) is 11.8 Å². The van der Waals surface area contributed by atoms with E-state index in [1.807, 2.05) is 0 Å². The highest BCUT2D eigenvalue weighted by molar-refractivity contribution is 8.07. The number of carbonyl (C=O) groups excluding carboxylic acids is 1. The number of urea groups is 1. The van der Waals surface area contributed by atoms with Crippen molar-refractivity contribution in [3.63, 3.8) is 0 Å². The number of nitriles is 2. The first-order chi connectivity index (χ1) is 7.63. The molecule has 0 aliphatic carbocycles. The van der Waals surface area contributed by atoms with E-state index in [4.69, 9.17) is 26.9 Å². The number of carbonyl (C=O) groups is 1. The molecule has 0 unspecified atom stereocenters. The second-order valence-electron chi connectivity index (χ2n) is 2.38. The summed E-state index contributed by atoms with van der Waals surface area (Å²) in [7, 11) is 0. The van der Waals surface area contributed by atoms with E-state index in [1.165, 1.54) is 0 Å². The van der Waals surface area contributed by atoms with Crippen LogP contribution in [-0.2, 0) is 4.74 Å². The molecule has 1 heterocycles. The average Bonchev–Trinajstić information content (AvgIpc) is 2.35. The van der Waals surface area contributed by atoms with Crippen LogP contribution >= 0.6 is 11.8 Å². The van der Waals surface area contributed by atoms with Crippen LogP contribution in [0.2, 0.25) is 0 Å². The van der Waals surface area contributed by atoms with E-state index in [1.54, 1.807) is 17.6 Å². The minimum absolute atomic E-state index is 0.00912. The van der Waals surface area contributed by atoms with Crippen molar-refractivity contribution in [3.05, 3.63) is 22.0 Å². The smallest absolute Gasteiger partial charge is 0.353 e. The Balaban J connectivity index is 2.97. The van der Waals surface area contributed by atoms with Gasteiger partial charge in [-0.2, -0.15) is 15.5 Å². The zero-order valence-corrected chi connectivity index (χ0v) is 8.61. The Labute approximate surface area is 94.7 Å². The third kappa shape index (κ3) is 2.24. The number of hydrogen-bond acceptors (Lipinski definition) is 7. The molecule has 0 aromatic rings. The van der Waals surface area contributed by atoms with Gasteiger partial charge in [0.05, 0.1) is 0 Å². The Bertz CT molecular complexity index is 456. The standard InChI is InChI=1S/C7H6N6O2S/c8-1-4-3-15-6(5(2-9)16-4)13(11)7(14)12-10/h3H,10-11H2,(H,12,14). The van der Waals surface area contributed by atoms with Crippen molar-refractivity contribution in [3.8, 4) is 12.1 Å². The van der Waals surface area contributed by atoms with Crippen molar-refractivity contribution in [2.45, 2.75) is 0 Å². The molecule has 0 bridgehead atoms. The molecule has 9 heteroatoms. The van der Waals surface area contributed by atoms with Crippen LogP contribution in [0.4, 0.5) is 4.79 Å². The third-order valence-electron chi connectivity index (χ3n) is 1.46. The number of hydrazine groups is 2. The van der Waals surface area contributed by atoms with E-state index in [-0.39, 0.29) is 15.7 Å². The van der Waals surface area contributed by atoms with Gasteiger partial charge < -0.3 is 4.74 Å². The van der Waals surface area contributed by atoms with Gasteiger partial charge in [0.25, 0.3) is 0 Å². The van der Waals surface area contributed by atoms with Crippen LogP contribution in [0.5, 0.6) is 0 Å². The lowest BCUT2D eigenvalue weighted by atomic mass is 10.5. The summed E-state index contributed by atoms with van der Waals surface area (Å²) in [6.45, 7) is 0. The molecule has 1 aliphatic heterocycles. The number of nitrogens with zero attached hydrogens (tertiary/aromatic N) is 3. The first kappa shape index (κ1) is 11.9. The number of nitrogens with one attached hydrogen (secondary N) is 1. The molecule has 0 atom stereocenters. The summed E-state index contributed by atoms with van der Waals surface area (Å²) in [4.78, 5) is 11.2. The van der Waals surface area contributed by atoms with Crippen LogP contribution in [-0.4, -0.2) is 11.0 Å². The maximum atomic E-state index is 11.1. The Hall–Kier alpha value is -2.20. The summed E-state index contributed by atoms with van der Waals surface area (Å²) in [5.74, 6) is 10.0. The van der Waals surface area contributed by atoms with Gasteiger partial charge in [-0.05, 0) is 0 Å². The number of amides is 2. The van der Waals surface area contributed by atoms with Gasteiger partial charge in [0.15, 0.2) is 4.91 Å². The van der Waals surface area contributed by atoms with Gasteiger partial charge in [-0.15, -0.1) is 0 Å². The molecule has 0 fully saturated rings. The fourth-order valence-corrected chi connectivity index (χ4v) is 1.43. The second kappa shape index (κ2) is 5.04. The lowest BCUT2D eigenvalue weighted by molar-refractivity contribution is 0.170. The predicted octanol–water partition coefficient (Wildman–Crippen LogP) is -0.434. The minimum Gasteiger partial charge on any atom is -0.443 e. The summed E-state index contributed by atoms with van der Waals surface area (Å²) in [6.07, 6.45) is 1.09. The molecule has 5 N–H and O–H groups in total. The predicted molar refractivity (Wildman–Crippen MR) is 53.8 cm³/mol. The van der Waals surface area contributed by atoms with E-state index < -0.39 is 6.03 Å². The van der Waals surface area contributed by atoms with Gasteiger partial charge in [0, 0.05) is 0 Å². The molecule has 0 aromatic heterocycles. The first-order valence-corrected chi connectivity index (χ1v) is 4.60. The molecular weight excluding hydrogens is 232 g/mol. The van der Waals surface area contributed by atoms with E-state index in [0.29, 0.717) is 5.01 Å². The molecule has 82 valence electrons. The van der Waals surface area contributed by atoms with Crippen LogP contribution in [0.3, 0.4) is 0 Å². The maximum Gasteiger partial charge on any atom is 0.353 e. The second-order valence-corrected chi connectivity index (χ2v) is 3.43. The van der Waals surface area contributed by atoms with Gasteiger partial charge in [0.1, 0.15) is 23.3 Å². The number of ether oxygens (including phenoxy) is 1. The SMILES string of the molecule is N#CC1=COC(N(N)C(=O)NN)=C(C#N)S1. The van der Waals surface area contributed by atoms with E-state index in [2.05, 4.69) is 0 Å². The number of hydrogen-bond donors (Lipinski definition) is 3. The molecule has 0 aromatic carbocycles. The van der Waals surface area contributed by atoms with Crippen molar-refractivity contribution in [1.82, 2.24) is 10.4 Å². The Morgan fingerprint density at radius 2 is 2.25 bits per heavy atom. The van der Waals surface area contributed by atoms with E-state index in [9.17, 15) is 4.79 Å². The lowest BCUT2D eigenvalue weighted by Gasteiger charge is -2.21. The molecule has 0 saturated heterocycles. The van der Waals surface area contributed by atoms with Gasteiger partial charge in [-0.3, -0.25) is 5.43 Å². The first-order valence-electron chi connectivity index (χ1n) is 3.78. The number of thioether (sulfide) groups is 1. The normalized spacial score (nSPS) is 14.1. The average molecular weight is 238 g/mol. The summed E-state index contributed by atoms with van der Waals surface area (Å²) in [6, 6.07) is 2.71. The molecule has 8 nitrogen and oxygen atoms in total. The van der Waals surface area contributed by atoms with Crippen molar-refractivity contribution < 1.29 is 9.53 Å². The van der Waals surface area contributed by atoms with Gasteiger partial charge in [0.2, 0.25) is 5.88 Å². The number of allylic oxidation sites excluding steroid dienone is 2. The highest BCUT2D eigenvalue weighted by atomic mass is 32.2. The van der Waals surface area contributed by atoms with E-state index in [0.717, 1.165) is 18.0 Å². The molecule has 0 saturated carbocycles. The van der Waals surface area contributed by atoms with Gasteiger partial charge >= 0.3 is 6.03 Å². The van der Waals surface area contributed by atoms with Crippen LogP contribution in [0.15, 0.2) is 22.0 Å². The summed E-state index contributed by atoms with van der Waals surface area (Å²) in [5.41, 5.74) is 1.78. The Morgan fingerprint density at radius 3 is 2.75 bits per heavy atom. The van der Waals surface area contributed by atoms with Crippen LogP contribution in [0.25, 0.3) is 0 Å². The zero-order chi connectivity index (χ0) is 12.1. The van der Waals surface area contributed by atoms with Gasteiger partial charge in [-0.25, -0.2) is 16.5 Å². The summed E-state index contributed by atoms with van der Waals surface area (Å²) in [5, 5.41) is 17.9. The molecule has 1 aliphatic rings. The summed E-state index contributed by atoms with van der Waals surface area (Å²) >= 11 is 0.847. The van der Waals surface area contributed by atoms with Crippen molar-refractivity contribution >= 4 is 17.8 Å². The number of rotatable bonds is 1. The molecule has 0 radical (unpaired) electrons. The van der Waals surface area contributed by atoms with Crippen molar-refractivity contribution in [2.24, 2.45) is 11.7 Å². The topological polar surface area (TPSA) is 141 Å². The molecule has 16 heavy (non-hydrogen) atoms. The van der Waals surface area contributed by atoms with E-state index >= 15 is 0 Å². The van der Waals surface area contributed by atoms with Crippen LogP contribution in [0.1, 0.15) is 0 Å². The fourth-order valence-electron chi connectivity index (χ4n) is 0.788. The quantitative estimate of drug-likeness (QED) is 0.319. The molecule has 1 rings (SSSR count). The molecule has 2 amide bonds. The highest BCUT2D eigenvalue weighted by Gasteiger charge is 2.24. The number of nitrogens with two attached hydrogens (primary N) is 2. The lowest BCUT2D eigenvalue weighted by Crippen LogP contribution is -2.47. The Morgan fingerprint density at radius 1 is 1.56 bits per heavy atom. The van der Waals surface area contributed by atoms with Crippen LogP contribution < -0.4 is 17.1 Å². The largest absolute Gasteiger partial charge is 0.443 e. The van der Waals surface area contributed by atoms with Crippen LogP contribution in [0, 0.1) is 22.7 Å². The fraction of sp³-hybridized carbons (Fsp3) is 0. The maximum absolute atomic E-state index is 11.1. The zero-order valence-electron chi connectivity index (χ0n) is 7.80. The monoisotopic (exact) mass is 238 g/mol.